The molecule has 2 aromatic heterocycles. The quantitative estimate of drug-likeness (QED) is 0.457. The standard InChI is InChI=1S/C32H42N6O/c39-30-4-2-1-3-25(30)29-15-26-27-18-38(14-11-28(27)34-31(26)36-35-29)23-7-5-21(6-8-23)22-9-12-37(13-10-22)24-16-32(17-24)19-33-20-32/h1-4,15,21-24,33,39H,5-14,16-20H2,(H,34,36). The summed E-state index contributed by atoms with van der Waals surface area (Å²) in [6.07, 6.45) is 12.3. The van der Waals surface area contributed by atoms with E-state index in [9.17, 15) is 5.11 Å². The molecule has 5 heterocycles. The van der Waals surface area contributed by atoms with Gasteiger partial charge in [0.25, 0.3) is 0 Å². The maximum atomic E-state index is 10.3. The van der Waals surface area contributed by atoms with E-state index >= 15 is 0 Å². The van der Waals surface area contributed by atoms with E-state index in [-0.39, 0.29) is 5.75 Å². The van der Waals surface area contributed by atoms with Crippen LogP contribution in [0.4, 0.5) is 0 Å². The van der Waals surface area contributed by atoms with Gasteiger partial charge in [0.15, 0.2) is 5.65 Å². The number of phenols is 1. The van der Waals surface area contributed by atoms with Gasteiger partial charge < -0.3 is 20.3 Å². The average Bonchev–Trinajstić information content (AvgIpc) is 3.29. The van der Waals surface area contributed by atoms with E-state index < -0.39 is 0 Å². The third-order valence-electron chi connectivity index (χ3n) is 11.3. The van der Waals surface area contributed by atoms with Crippen molar-refractivity contribution in [2.75, 3.05) is 32.7 Å². The topological polar surface area (TPSA) is 80.3 Å². The van der Waals surface area contributed by atoms with Gasteiger partial charge in [-0.2, -0.15) is 0 Å². The highest BCUT2D eigenvalue weighted by molar-refractivity contribution is 5.85. The lowest BCUT2D eigenvalue weighted by molar-refractivity contribution is -0.0506. The maximum absolute atomic E-state index is 10.3. The van der Waals surface area contributed by atoms with Gasteiger partial charge in [0.2, 0.25) is 0 Å². The first kappa shape index (κ1) is 24.3. The van der Waals surface area contributed by atoms with Gasteiger partial charge >= 0.3 is 0 Å². The minimum absolute atomic E-state index is 0.252. The summed E-state index contributed by atoms with van der Waals surface area (Å²) in [5.41, 5.74) is 5.75. The van der Waals surface area contributed by atoms with E-state index in [1.165, 1.54) is 88.8 Å². The molecule has 5 aliphatic rings. The van der Waals surface area contributed by atoms with Crippen molar-refractivity contribution in [2.24, 2.45) is 17.3 Å². The third-order valence-corrected chi connectivity index (χ3v) is 11.3. The average molecular weight is 527 g/mol. The molecule has 39 heavy (non-hydrogen) atoms. The van der Waals surface area contributed by atoms with Crippen molar-refractivity contribution in [3.05, 3.63) is 41.6 Å². The number of piperidine rings is 1. The number of nitrogens with zero attached hydrogens (tertiary/aromatic N) is 4. The first-order valence-electron chi connectivity index (χ1n) is 15.5. The number of hydrogen-bond acceptors (Lipinski definition) is 6. The van der Waals surface area contributed by atoms with Gasteiger partial charge in [0.05, 0.1) is 5.69 Å². The summed E-state index contributed by atoms with van der Waals surface area (Å²) in [4.78, 5) is 9.13. The molecule has 1 spiro atoms. The molecule has 3 aliphatic heterocycles. The van der Waals surface area contributed by atoms with Gasteiger partial charge in [-0.3, -0.25) is 4.90 Å². The summed E-state index contributed by atoms with van der Waals surface area (Å²) in [7, 11) is 0. The van der Waals surface area contributed by atoms with Crippen LogP contribution in [0.3, 0.4) is 0 Å². The zero-order chi connectivity index (χ0) is 26.0. The summed E-state index contributed by atoms with van der Waals surface area (Å²) in [5, 5.41) is 23.9. The summed E-state index contributed by atoms with van der Waals surface area (Å²) in [5.74, 6) is 2.15. The molecular formula is C32H42N6O. The second-order valence-electron chi connectivity index (χ2n) is 13.4. The predicted molar refractivity (Wildman–Crippen MR) is 153 cm³/mol. The molecule has 2 saturated heterocycles. The summed E-state index contributed by atoms with van der Waals surface area (Å²) in [6, 6.07) is 11.1. The number of para-hydroxylation sites is 1. The minimum atomic E-state index is 0.252. The van der Waals surface area contributed by atoms with E-state index in [0.717, 1.165) is 59.7 Å². The Morgan fingerprint density at radius 3 is 2.36 bits per heavy atom. The molecule has 3 N–H and O–H groups in total. The maximum Gasteiger partial charge on any atom is 0.160 e. The largest absolute Gasteiger partial charge is 0.507 e. The first-order chi connectivity index (χ1) is 19.1. The zero-order valence-electron chi connectivity index (χ0n) is 23.0. The Morgan fingerprint density at radius 1 is 0.846 bits per heavy atom. The van der Waals surface area contributed by atoms with Gasteiger partial charge in [0.1, 0.15) is 5.75 Å². The Bertz CT molecular complexity index is 1340. The lowest BCUT2D eigenvalue weighted by Gasteiger charge is -2.58. The van der Waals surface area contributed by atoms with Gasteiger partial charge in [-0.05, 0) is 105 Å². The van der Waals surface area contributed by atoms with Crippen molar-refractivity contribution < 1.29 is 5.11 Å². The van der Waals surface area contributed by atoms with E-state index in [1.807, 2.05) is 18.2 Å². The number of phenolic OH excluding ortho intramolecular Hbond substituents is 1. The Morgan fingerprint density at radius 2 is 1.62 bits per heavy atom. The number of rotatable bonds is 4. The number of fused-ring (bicyclic) bond motifs is 3. The molecule has 2 aliphatic carbocycles. The van der Waals surface area contributed by atoms with Crippen molar-refractivity contribution in [2.45, 2.75) is 76.4 Å². The molecule has 4 fully saturated rings. The SMILES string of the molecule is Oc1ccccc1-c1cc2c3c([nH]c2nn1)CCN(C1CCC(C2CCN(C4CC5(CNC5)C4)CC2)CC1)C3. The van der Waals surface area contributed by atoms with Crippen LogP contribution in [0.1, 0.15) is 62.6 Å². The third kappa shape index (κ3) is 4.28. The number of aromatic nitrogens is 3. The normalized spacial score (nSPS) is 28.3. The fourth-order valence-electron chi connectivity index (χ4n) is 8.82. The Labute approximate surface area is 231 Å². The second-order valence-corrected chi connectivity index (χ2v) is 13.4. The molecule has 7 heteroatoms. The Hall–Kier alpha value is -2.48. The van der Waals surface area contributed by atoms with Crippen LogP contribution in [-0.2, 0) is 13.0 Å². The first-order valence-corrected chi connectivity index (χ1v) is 15.5. The van der Waals surface area contributed by atoms with Gasteiger partial charge in [0, 0.05) is 61.3 Å². The molecule has 2 saturated carbocycles. The van der Waals surface area contributed by atoms with Crippen molar-refractivity contribution in [3.8, 4) is 17.0 Å². The van der Waals surface area contributed by atoms with Crippen LogP contribution in [0.5, 0.6) is 5.75 Å². The van der Waals surface area contributed by atoms with Crippen molar-refractivity contribution in [1.29, 1.82) is 0 Å². The number of benzene rings is 1. The lowest BCUT2D eigenvalue weighted by Crippen LogP contribution is -2.65. The minimum Gasteiger partial charge on any atom is -0.507 e. The number of hydrogen-bond donors (Lipinski definition) is 3. The predicted octanol–water partition coefficient (Wildman–Crippen LogP) is 4.71. The fraction of sp³-hybridized carbons (Fsp3) is 0.625. The van der Waals surface area contributed by atoms with E-state index in [4.69, 9.17) is 0 Å². The smallest absolute Gasteiger partial charge is 0.160 e. The number of aromatic hydroxyl groups is 1. The molecule has 0 amide bonds. The van der Waals surface area contributed by atoms with Crippen LogP contribution in [-0.4, -0.2) is 74.9 Å². The molecule has 1 aromatic carbocycles. The Balaban J connectivity index is 0.886. The van der Waals surface area contributed by atoms with Gasteiger partial charge in [-0.25, -0.2) is 0 Å². The molecule has 3 aromatic rings. The molecule has 7 nitrogen and oxygen atoms in total. The van der Waals surface area contributed by atoms with Crippen LogP contribution in [0.15, 0.2) is 30.3 Å². The molecule has 0 atom stereocenters. The summed E-state index contributed by atoms with van der Waals surface area (Å²) >= 11 is 0. The second kappa shape index (κ2) is 9.57. The molecular weight excluding hydrogens is 484 g/mol. The number of H-pyrrole nitrogens is 1. The van der Waals surface area contributed by atoms with Gasteiger partial charge in [-0.15, -0.1) is 10.2 Å². The molecule has 0 unspecified atom stereocenters. The Kier molecular flexibility index (Phi) is 5.97. The van der Waals surface area contributed by atoms with E-state index in [0.29, 0.717) is 11.5 Å². The summed E-state index contributed by atoms with van der Waals surface area (Å²) in [6.45, 7) is 7.36. The fourth-order valence-corrected chi connectivity index (χ4v) is 8.82. The number of aromatic amines is 1. The molecule has 0 radical (unpaired) electrons. The van der Waals surface area contributed by atoms with Crippen LogP contribution in [0.2, 0.25) is 0 Å². The van der Waals surface area contributed by atoms with Crippen molar-refractivity contribution in [1.82, 2.24) is 30.3 Å². The molecule has 206 valence electrons. The molecule has 0 bridgehead atoms. The summed E-state index contributed by atoms with van der Waals surface area (Å²) < 4.78 is 0. The van der Waals surface area contributed by atoms with Crippen LogP contribution >= 0.6 is 0 Å². The van der Waals surface area contributed by atoms with Crippen molar-refractivity contribution in [3.63, 3.8) is 0 Å². The van der Waals surface area contributed by atoms with Crippen molar-refractivity contribution >= 4 is 11.0 Å². The highest BCUT2D eigenvalue weighted by Crippen LogP contribution is 2.48. The number of nitrogens with one attached hydrogen (secondary N) is 2. The zero-order valence-corrected chi connectivity index (χ0v) is 23.0. The van der Waals surface area contributed by atoms with Crippen LogP contribution < -0.4 is 5.32 Å². The van der Waals surface area contributed by atoms with Crippen LogP contribution in [0, 0.1) is 17.3 Å². The number of likely N-dealkylation sites (tertiary alicyclic amines) is 1. The van der Waals surface area contributed by atoms with Crippen LogP contribution in [0.25, 0.3) is 22.3 Å². The van der Waals surface area contributed by atoms with Gasteiger partial charge in [-0.1, -0.05) is 12.1 Å². The molecule has 8 rings (SSSR count). The van der Waals surface area contributed by atoms with E-state index in [2.05, 4.69) is 36.4 Å². The lowest BCUT2D eigenvalue weighted by atomic mass is 9.61. The highest BCUT2D eigenvalue weighted by Gasteiger charge is 2.50. The monoisotopic (exact) mass is 526 g/mol. The van der Waals surface area contributed by atoms with E-state index in [1.54, 1.807) is 6.07 Å². The highest BCUT2D eigenvalue weighted by atomic mass is 16.3.